The molecule has 0 saturated heterocycles. The first kappa shape index (κ1) is 15.3. The van der Waals surface area contributed by atoms with Crippen molar-refractivity contribution in [1.29, 1.82) is 0 Å². The lowest BCUT2D eigenvalue weighted by molar-refractivity contribution is -0.385. The molecule has 0 spiro atoms. The molecule has 6 nitrogen and oxygen atoms in total. The Bertz CT molecular complexity index is 594. The number of rotatable bonds is 4. The molecule has 0 bridgehead atoms. The van der Waals surface area contributed by atoms with Gasteiger partial charge in [0.1, 0.15) is 4.90 Å². The molecule has 0 atom stereocenters. The summed E-state index contributed by atoms with van der Waals surface area (Å²) in [4.78, 5) is 8.79. The van der Waals surface area contributed by atoms with Crippen LogP contribution < -0.4 is 4.74 Å². The largest absolute Gasteiger partial charge is 0.432 e. The fourth-order valence-corrected chi connectivity index (χ4v) is 2.95. The van der Waals surface area contributed by atoms with Crippen molar-refractivity contribution in [2.75, 3.05) is 0 Å². The van der Waals surface area contributed by atoms with Crippen LogP contribution in [0.25, 0.3) is 0 Å². The number of nitrogens with zero attached hydrogens (tertiary/aromatic N) is 1. The summed E-state index contributed by atoms with van der Waals surface area (Å²) in [7, 11) is 0.564. The molecule has 0 fully saturated rings. The van der Waals surface area contributed by atoms with E-state index in [1.807, 2.05) is 0 Å². The SMILES string of the molecule is O=[N+]([O-])c1cc(I)c(OC(F)F)c(S(=O)(=O)Cl)c1. The number of halogens is 4. The molecule has 0 aromatic heterocycles. The number of hydrogen-bond acceptors (Lipinski definition) is 5. The average molecular weight is 414 g/mol. The standard InChI is InChI=1S/C7H3ClF2INO5S/c8-18(15,16)5-2-3(12(13)14)1-4(11)6(5)17-7(9)10/h1-2,7H. The number of benzene rings is 1. The summed E-state index contributed by atoms with van der Waals surface area (Å²) in [6.07, 6.45) is 0. The molecule has 1 aromatic carbocycles. The van der Waals surface area contributed by atoms with Gasteiger partial charge in [0.15, 0.2) is 5.75 Å². The van der Waals surface area contributed by atoms with E-state index in [4.69, 9.17) is 10.7 Å². The summed E-state index contributed by atoms with van der Waals surface area (Å²) in [5, 5.41) is 10.5. The molecule has 0 N–H and O–H groups in total. The van der Waals surface area contributed by atoms with Crippen molar-refractivity contribution in [3.8, 4) is 5.75 Å². The highest BCUT2D eigenvalue weighted by molar-refractivity contribution is 14.1. The first-order valence-electron chi connectivity index (χ1n) is 4.00. The predicted octanol–water partition coefficient (Wildman–Crippen LogP) is 2.73. The fraction of sp³-hybridized carbons (Fsp3) is 0.143. The van der Waals surface area contributed by atoms with E-state index in [0.29, 0.717) is 6.07 Å². The number of ether oxygens (including phenoxy) is 1. The molecule has 0 amide bonds. The van der Waals surface area contributed by atoms with Crippen molar-refractivity contribution in [2.24, 2.45) is 0 Å². The van der Waals surface area contributed by atoms with Crippen molar-refractivity contribution in [3.05, 3.63) is 25.8 Å². The van der Waals surface area contributed by atoms with Crippen LogP contribution in [0.2, 0.25) is 0 Å². The van der Waals surface area contributed by atoms with Crippen molar-refractivity contribution in [2.45, 2.75) is 11.5 Å². The highest BCUT2D eigenvalue weighted by atomic mass is 127. The summed E-state index contributed by atoms with van der Waals surface area (Å²) in [6.45, 7) is -3.28. The van der Waals surface area contributed by atoms with Gasteiger partial charge >= 0.3 is 6.61 Å². The zero-order valence-electron chi connectivity index (χ0n) is 8.14. The molecule has 0 unspecified atom stereocenters. The summed E-state index contributed by atoms with van der Waals surface area (Å²) in [6, 6.07) is 1.45. The van der Waals surface area contributed by atoms with Crippen molar-refractivity contribution < 1.29 is 26.9 Å². The molecule has 0 aliphatic carbocycles. The summed E-state index contributed by atoms with van der Waals surface area (Å²) in [5.41, 5.74) is -0.597. The monoisotopic (exact) mass is 413 g/mol. The number of nitro groups is 1. The van der Waals surface area contributed by atoms with Crippen LogP contribution in [-0.2, 0) is 9.05 Å². The van der Waals surface area contributed by atoms with Crippen LogP contribution in [0.5, 0.6) is 5.75 Å². The lowest BCUT2D eigenvalue weighted by Gasteiger charge is -2.10. The third kappa shape index (κ3) is 3.62. The molecule has 0 radical (unpaired) electrons. The maximum Gasteiger partial charge on any atom is 0.387 e. The third-order valence-corrected chi connectivity index (χ3v) is 3.80. The number of hydrogen-bond donors (Lipinski definition) is 0. The lowest BCUT2D eigenvalue weighted by Crippen LogP contribution is -2.08. The zero-order valence-corrected chi connectivity index (χ0v) is 11.9. The second-order valence-electron chi connectivity index (χ2n) is 2.83. The minimum Gasteiger partial charge on any atom is -0.432 e. The minimum atomic E-state index is -4.45. The Labute approximate surface area is 118 Å². The predicted molar refractivity (Wildman–Crippen MR) is 65.5 cm³/mol. The van der Waals surface area contributed by atoms with E-state index >= 15 is 0 Å². The molecule has 0 heterocycles. The molecule has 0 saturated carbocycles. The van der Waals surface area contributed by atoms with E-state index in [-0.39, 0.29) is 3.57 Å². The van der Waals surface area contributed by atoms with E-state index in [2.05, 4.69) is 4.74 Å². The minimum absolute atomic E-state index is 0.165. The molecule has 1 rings (SSSR count). The summed E-state index contributed by atoms with van der Waals surface area (Å²) < 4.78 is 50.5. The van der Waals surface area contributed by atoms with Crippen LogP contribution in [0.15, 0.2) is 17.0 Å². The van der Waals surface area contributed by atoms with Gasteiger partial charge in [-0.15, -0.1) is 0 Å². The smallest absolute Gasteiger partial charge is 0.387 e. The van der Waals surface area contributed by atoms with E-state index in [0.717, 1.165) is 6.07 Å². The number of nitro benzene ring substituents is 1. The van der Waals surface area contributed by atoms with Gasteiger partial charge in [-0.25, -0.2) is 8.42 Å². The Morgan fingerprint density at radius 3 is 2.39 bits per heavy atom. The maximum absolute atomic E-state index is 12.1. The van der Waals surface area contributed by atoms with Crippen molar-refractivity contribution in [3.63, 3.8) is 0 Å². The Hall–Kier alpha value is -0.750. The van der Waals surface area contributed by atoms with E-state index in [9.17, 15) is 27.3 Å². The quantitative estimate of drug-likeness (QED) is 0.328. The van der Waals surface area contributed by atoms with Gasteiger partial charge in [0.2, 0.25) is 0 Å². The highest BCUT2D eigenvalue weighted by Gasteiger charge is 2.26. The first-order valence-corrected chi connectivity index (χ1v) is 7.39. The number of non-ortho nitro benzene ring substituents is 1. The lowest BCUT2D eigenvalue weighted by atomic mass is 10.3. The van der Waals surface area contributed by atoms with Crippen molar-refractivity contribution in [1.82, 2.24) is 0 Å². The molecule has 0 aliphatic rings. The molecule has 1 aromatic rings. The Kier molecular flexibility index (Phi) is 4.66. The molecule has 18 heavy (non-hydrogen) atoms. The number of alkyl halides is 2. The summed E-state index contributed by atoms with van der Waals surface area (Å²) >= 11 is 1.43. The van der Waals surface area contributed by atoms with Crippen LogP contribution in [0, 0.1) is 13.7 Å². The fourth-order valence-electron chi connectivity index (χ4n) is 1.04. The maximum atomic E-state index is 12.1. The van der Waals surface area contributed by atoms with Gasteiger partial charge in [0.05, 0.1) is 8.49 Å². The van der Waals surface area contributed by atoms with Gasteiger partial charge in [-0.3, -0.25) is 10.1 Å². The van der Waals surface area contributed by atoms with E-state index in [1.165, 1.54) is 22.6 Å². The normalized spacial score (nSPS) is 11.6. The molecule has 100 valence electrons. The van der Waals surface area contributed by atoms with Crippen molar-refractivity contribution >= 4 is 48.0 Å². The highest BCUT2D eigenvalue weighted by Crippen LogP contribution is 2.36. The summed E-state index contributed by atoms with van der Waals surface area (Å²) in [5.74, 6) is -0.716. The van der Waals surface area contributed by atoms with Crippen LogP contribution >= 0.6 is 33.3 Å². The second kappa shape index (κ2) is 5.48. The zero-order chi connectivity index (χ0) is 14.1. The van der Waals surface area contributed by atoms with Gasteiger partial charge in [-0.05, 0) is 22.6 Å². The Morgan fingerprint density at radius 1 is 1.44 bits per heavy atom. The second-order valence-corrected chi connectivity index (χ2v) is 6.52. The van der Waals surface area contributed by atoms with Gasteiger partial charge < -0.3 is 4.74 Å². The van der Waals surface area contributed by atoms with Crippen LogP contribution in [0.1, 0.15) is 0 Å². The van der Waals surface area contributed by atoms with E-state index in [1.54, 1.807) is 0 Å². The van der Waals surface area contributed by atoms with Gasteiger partial charge in [0, 0.05) is 22.8 Å². The van der Waals surface area contributed by atoms with Gasteiger partial charge in [-0.1, -0.05) is 0 Å². The van der Waals surface area contributed by atoms with Crippen LogP contribution in [0.3, 0.4) is 0 Å². The molecular formula is C7H3ClF2INO5S. The van der Waals surface area contributed by atoms with Crippen LogP contribution in [0.4, 0.5) is 14.5 Å². The van der Waals surface area contributed by atoms with Gasteiger partial charge in [0.25, 0.3) is 14.7 Å². The first-order chi connectivity index (χ1) is 8.12. The topological polar surface area (TPSA) is 86.5 Å². The molecular weight excluding hydrogens is 410 g/mol. The average Bonchev–Trinajstić information content (AvgIpc) is 2.17. The van der Waals surface area contributed by atoms with Crippen LogP contribution in [-0.4, -0.2) is 20.0 Å². The Balaban J connectivity index is 3.55. The molecule has 11 heteroatoms. The van der Waals surface area contributed by atoms with E-state index < -0.39 is 36.9 Å². The Morgan fingerprint density at radius 2 is 2.00 bits per heavy atom. The van der Waals surface area contributed by atoms with Gasteiger partial charge in [-0.2, -0.15) is 8.78 Å². The molecule has 0 aliphatic heterocycles. The third-order valence-electron chi connectivity index (χ3n) is 1.67.